The monoisotopic (exact) mass is 418 g/mol. The molecule has 0 fully saturated rings. The Bertz CT molecular complexity index is 698. The summed E-state index contributed by atoms with van der Waals surface area (Å²) >= 11 is -0.321. The quantitative estimate of drug-likeness (QED) is 0.514. The molecule has 0 saturated heterocycles. The Hall–Kier alpha value is -0.741. The van der Waals surface area contributed by atoms with Crippen LogP contribution in [0, 0.1) is 6.92 Å². The van der Waals surface area contributed by atoms with Gasteiger partial charge in [-0.2, -0.15) is 0 Å². The normalized spacial score (nSPS) is 14.4. The van der Waals surface area contributed by atoms with E-state index in [9.17, 15) is 8.77 Å². The Labute approximate surface area is 145 Å². The summed E-state index contributed by atoms with van der Waals surface area (Å²) in [6, 6.07) is 17.0. The van der Waals surface area contributed by atoms with Crippen LogP contribution in [0.4, 0.5) is 0 Å². The van der Waals surface area contributed by atoms with Crippen molar-refractivity contribution in [3.63, 3.8) is 0 Å². The van der Waals surface area contributed by atoms with Gasteiger partial charge < -0.3 is 0 Å². The Kier molecular flexibility index (Phi) is 6.78. The number of benzene rings is 2. The average molecular weight is 417 g/mol. The number of hydrogen-bond donors (Lipinski definition) is 0. The van der Waals surface area contributed by atoms with Crippen molar-refractivity contribution in [2.75, 3.05) is 14.2 Å². The van der Waals surface area contributed by atoms with Crippen molar-refractivity contribution in [1.82, 2.24) is 0 Å². The van der Waals surface area contributed by atoms with Crippen LogP contribution in [0.3, 0.4) is 0 Å². The van der Waals surface area contributed by atoms with Crippen molar-refractivity contribution >= 4 is 37.8 Å². The molecule has 0 radical (unpaired) electrons. The molecule has 2 rings (SSSR count). The third-order valence-electron chi connectivity index (χ3n) is 3.18. The van der Waals surface area contributed by atoms with Crippen LogP contribution in [-0.4, -0.2) is 37.3 Å². The molecule has 23 heavy (non-hydrogen) atoms. The van der Waals surface area contributed by atoms with E-state index in [2.05, 4.69) is 0 Å². The van der Waals surface area contributed by atoms with E-state index in [0.717, 1.165) is 10.0 Å². The molecule has 0 bridgehead atoms. The van der Waals surface area contributed by atoms with Crippen molar-refractivity contribution in [2.45, 2.75) is 15.7 Å². The van der Waals surface area contributed by atoms with E-state index in [1.165, 1.54) is 14.2 Å². The van der Waals surface area contributed by atoms with Gasteiger partial charge in [-0.15, -0.1) is 0 Å². The molecule has 0 aliphatic rings. The van der Waals surface area contributed by atoms with E-state index in [0.29, 0.717) is 4.90 Å². The van der Waals surface area contributed by atoms with Gasteiger partial charge in [0.05, 0.1) is 0 Å². The zero-order chi connectivity index (χ0) is 16.9. The standard InChI is InChI=1S/C16H19O4PSSe/c1-13-9-11-14(12-10-13)22(18)16(21(17,19-2)20-3)23-15-7-5-4-6-8-15/h4-12,16H,1-3H3. The second-order valence-electron chi connectivity index (χ2n) is 4.75. The Morgan fingerprint density at radius 3 is 2.09 bits per heavy atom. The van der Waals surface area contributed by atoms with Crippen LogP contribution in [0.15, 0.2) is 59.5 Å². The Morgan fingerprint density at radius 1 is 1.00 bits per heavy atom. The minimum absolute atomic E-state index is 0.321. The van der Waals surface area contributed by atoms with Crippen LogP contribution in [0.2, 0.25) is 0 Å². The molecule has 0 heterocycles. The summed E-state index contributed by atoms with van der Waals surface area (Å²) in [4.78, 5) is 0.632. The first-order valence-corrected chi connectivity index (χ1v) is 11.6. The minimum atomic E-state index is -3.46. The van der Waals surface area contributed by atoms with Crippen molar-refractivity contribution in [3.05, 3.63) is 60.2 Å². The van der Waals surface area contributed by atoms with E-state index in [1.807, 2.05) is 49.4 Å². The third-order valence-corrected chi connectivity index (χ3v) is 12.5. The van der Waals surface area contributed by atoms with Gasteiger partial charge in [0.25, 0.3) is 0 Å². The summed E-state index contributed by atoms with van der Waals surface area (Å²) in [7, 11) is -2.27. The molecule has 2 aromatic carbocycles. The van der Waals surface area contributed by atoms with E-state index < -0.39 is 22.3 Å². The van der Waals surface area contributed by atoms with Gasteiger partial charge in [0.1, 0.15) is 0 Å². The number of rotatable bonds is 7. The van der Waals surface area contributed by atoms with E-state index in [-0.39, 0.29) is 15.0 Å². The van der Waals surface area contributed by atoms with Crippen LogP contribution < -0.4 is 4.46 Å². The summed E-state index contributed by atoms with van der Waals surface area (Å²) in [5.74, 6) is 0. The van der Waals surface area contributed by atoms with Crippen LogP contribution >= 0.6 is 7.60 Å². The van der Waals surface area contributed by atoms with E-state index in [1.54, 1.807) is 12.1 Å². The molecular formula is C16H19O4PSSe. The van der Waals surface area contributed by atoms with Gasteiger partial charge in [0.2, 0.25) is 0 Å². The van der Waals surface area contributed by atoms with E-state index in [4.69, 9.17) is 9.05 Å². The Balaban J connectivity index is 2.38. The molecule has 0 aromatic heterocycles. The van der Waals surface area contributed by atoms with E-state index >= 15 is 0 Å². The molecule has 7 heteroatoms. The SMILES string of the molecule is COP(=O)(OC)C([Se]c1ccccc1)S(=O)c1ccc(C)cc1. The molecule has 0 aliphatic carbocycles. The van der Waals surface area contributed by atoms with Crippen molar-refractivity contribution in [3.8, 4) is 0 Å². The summed E-state index contributed by atoms with van der Waals surface area (Å²) in [6.45, 7) is 1.97. The average Bonchev–Trinajstić information content (AvgIpc) is 2.60. The van der Waals surface area contributed by atoms with Crippen LogP contribution in [-0.2, 0) is 24.4 Å². The number of aryl methyl sites for hydroxylation is 1. The Morgan fingerprint density at radius 2 is 1.57 bits per heavy atom. The predicted molar refractivity (Wildman–Crippen MR) is 94.8 cm³/mol. The summed E-state index contributed by atoms with van der Waals surface area (Å²) in [6.07, 6.45) is 0. The molecule has 0 N–H and O–H groups in total. The number of hydrogen-bond acceptors (Lipinski definition) is 4. The first kappa shape index (κ1) is 18.6. The zero-order valence-electron chi connectivity index (χ0n) is 13.2. The first-order chi connectivity index (χ1) is 11.0. The third kappa shape index (κ3) is 4.63. The van der Waals surface area contributed by atoms with Gasteiger partial charge in [-0.3, -0.25) is 0 Å². The van der Waals surface area contributed by atoms with Crippen LogP contribution in [0.5, 0.6) is 0 Å². The van der Waals surface area contributed by atoms with Gasteiger partial charge in [-0.1, -0.05) is 0 Å². The fourth-order valence-electron chi connectivity index (χ4n) is 1.88. The molecule has 0 amide bonds. The topological polar surface area (TPSA) is 52.6 Å². The maximum atomic E-state index is 13.0. The zero-order valence-corrected chi connectivity index (χ0v) is 16.6. The second-order valence-corrected chi connectivity index (χ2v) is 12.9. The van der Waals surface area contributed by atoms with Crippen molar-refractivity contribution in [2.24, 2.45) is 0 Å². The summed E-state index contributed by atoms with van der Waals surface area (Å²) in [5, 5.41) is 0. The first-order valence-electron chi connectivity index (χ1n) is 6.90. The maximum absolute atomic E-state index is 13.0. The molecule has 0 aliphatic heterocycles. The van der Waals surface area contributed by atoms with Gasteiger partial charge in [0, 0.05) is 0 Å². The predicted octanol–water partition coefficient (Wildman–Crippen LogP) is 2.90. The van der Waals surface area contributed by atoms with Gasteiger partial charge in [0.15, 0.2) is 0 Å². The van der Waals surface area contributed by atoms with Crippen molar-refractivity contribution in [1.29, 1.82) is 0 Å². The molecule has 2 unspecified atom stereocenters. The molecule has 4 nitrogen and oxygen atoms in total. The molecular weight excluding hydrogens is 398 g/mol. The van der Waals surface area contributed by atoms with Gasteiger partial charge in [-0.25, -0.2) is 0 Å². The van der Waals surface area contributed by atoms with Crippen molar-refractivity contribution < 1.29 is 17.8 Å². The van der Waals surface area contributed by atoms with Gasteiger partial charge in [-0.05, 0) is 0 Å². The summed E-state index contributed by atoms with van der Waals surface area (Å²) < 4.78 is 36.5. The van der Waals surface area contributed by atoms with Crippen LogP contribution in [0.1, 0.15) is 5.56 Å². The molecule has 0 saturated carbocycles. The van der Waals surface area contributed by atoms with Gasteiger partial charge >= 0.3 is 146 Å². The molecule has 2 atom stereocenters. The van der Waals surface area contributed by atoms with Crippen LogP contribution in [0.25, 0.3) is 0 Å². The fourth-order valence-corrected chi connectivity index (χ4v) is 10.5. The molecule has 124 valence electrons. The summed E-state index contributed by atoms with van der Waals surface area (Å²) in [5.41, 5.74) is 1.08. The molecule has 2 aromatic rings. The second kappa shape index (κ2) is 8.38. The molecule has 0 spiro atoms. The fraction of sp³-hybridized carbons (Fsp3) is 0.250.